The normalized spacial score (nSPS) is 16.4. The van der Waals surface area contributed by atoms with Gasteiger partial charge in [-0.05, 0) is 30.9 Å². The summed E-state index contributed by atoms with van der Waals surface area (Å²) in [5.41, 5.74) is 2.30. The van der Waals surface area contributed by atoms with Crippen molar-refractivity contribution in [3.8, 4) is 0 Å². The fourth-order valence-electron chi connectivity index (χ4n) is 2.57. The van der Waals surface area contributed by atoms with Crippen LogP contribution < -0.4 is 0 Å². The number of likely N-dealkylation sites (tertiary alicyclic amines) is 1. The minimum atomic E-state index is 0.218. The first kappa shape index (κ1) is 15.3. The van der Waals surface area contributed by atoms with Gasteiger partial charge in [0, 0.05) is 19.0 Å². The number of halogens is 1. The van der Waals surface area contributed by atoms with Crippen LogP contribution in [0.25, 0.3) is 0 Å². The summed E-state index contributed by atoms with van der Waals surface area (Å²) in [6.45, 7) is 4.23. The molecule has 1 amide bonds. The van der Waals surface area contributed by atoms with E-state index in [0.717, 1.165) is 31.5 Å². The van der Waals surface area contributed by atoms with E-state index < -0.39 is 0 Å². The van der Waals surface area contributed by atoms with Gasteiger partial charge in [-0.15, -0.1) is 11.6 Å². The van der Waals surface area contributed by atoms with E-state index >= 15 is 0 Å². The fourth-order valence-corrected chi connectivity index (χ4v) is 2.66. The van der Waals surface area contributed by atoms with Crippen molar-refractivity contribution in [3.63, 3.8) is 0 Å². The second-order valence-corrected chi connectivity index (χ2v) is 5.62. The van der Waals surface area contributed by atoms with Crippen LogP contribution >= 0.6 is 11.6 Å². The van der Waals surface area contributed by atoms with Crippen LogP contribution in [-0.2, 0) is 16.0 Å². The van der Waals surface area contributed by atoms with Crippen LogP contribution in [0.15, 0.2) is 24.3 Å². The second kappa shape index (κ2) is 7.65. The molecule has 1 fully saturated rings. The van der Waals surface area contributed by atoms with Crippen molar-refractivity contribution in [1.29, 1.82) is 0 Å². The predicted octanol–water partition coefficient (Wildman–Crippen LogP) is 2.78. The number of ether oxygens (including phenoxy) is 1. The molecule has 3 nitrogen and oxygen atoms in total. The van der Waals surface area contributed by atoms with E-state index in [1.807, 2.05) is 23.1 Å². The zero-order valence-corrected chi connectivity index (χ0v) is 12.7. The molecule has 0 atom stereocenters. The summed E-state index contributed by atoms with van der Waals surface area (Å²) in [5, 5.41) is 0. The standard InChI is InChI=1S/C16H22ClNO2/c1-13-4-2-3-5-14(13)12-16(19)18-9-6-15(7-10-18)20-11-8-17/h2-5,15H,6-12H2,1H3. The Bertz CT molecular complexity index is 442. The number of hydrogen-bond acceptors (Lipinski definition) is 2. The number of carbonyl (C=O) groups excluding carboxylic acids is 1. The molecule has 0 radical (unpaired) electrons. The van der Waals surface area contributed by atoms with E-state index in [4.69, 9.17) is 16.3 Å². The first-order chi connectivity index (χ1) is 9.70. The van der Waals surface area contributed by atoms with E-state index in [0.29, 0.717) is 18.9 Å². The Labute approximate surface area is 125 Å². The number of nitrogens with zero attached hydrogens (tertiary/aromatic N) is 1. The van der Waals surface area contributed by atoms with Gasteiger partial charge in [0.1, 0.15) is 0 Å². The lowest BCUT2D eigenvalue weighted by molar-refractivity contribution is -0.133. The molecule has 1 aliphatic heterocycles. The molecule has 0 bridgehead atoms. The van der Waals surface area contributed by atoms with Gasteiger partial charge in [0.2, 0.25) is 5.91 Å². The number of amides is 1. The van der Waals surface area contributed by atoms with Gasteiger partial charge in [-0.25, -0.2) is 0 Å². The van der Waals surface area contributed by atoms with Crippen LogP contribution in [0.5, 0.6) is 0 Å². The Morgan fingerprint density at radius 1 is 1.35 bits per heavy atom. The van der Waals surface area contributed by atoms with Crippen LogP contribution in [0, 0.1) is 6.92 Å². The molecule has 1 aliphatic rings. The van der Waals surface area contributed by atoms with Gasteiger partial charge in [-0.2, -0.15) is 0 Å². The molecule has 20 heavy (non-hydrogen) atoms. The Kier molecular flexibility index (Phi) is 5.86. The van der Waals surface area contributed by atoms with Crippen LogP contribution in [-0.4, -0.2) is 42.5 Å². The molecule has 1 saturated heterocycles. The lowest BCUT2D eigenvalue weighted by atomic mass is 10.0. The van der Waals surface area contributed by atoms with Gasteiger partial charge >= 0.3 is 0 Å². The average molecular weight is 296 g/mol. The number of benzene rings is 1. The van der Waals surface area contributed by atoms with Crippen LogP contribution in [0.3, 0.4) is 0 Å². The molecule has 0 aromatic heterocycles. The third-order valence-corrected chi connectivity index (χ3v) is 3.98. The zero-order chi connectivity index (χ0) is 14.4. The Hall–Kier alpha value is -1.06. The van der Waals surface area contributed by atoms with Gasteiger partial charge in [0.15, 0.2) is 0 Å². The maximum absolute atomic E-state index is 12.3. The third kappa shape index (κ3) is 4.22. The molecule has 1 aromatic rings. The summed E-state index contributed by atoms with van der Waals surface area (Å²) in [6.07, 6.45) is 2.59. The van der Waals surface area contributed by atoms with Crippen LogP contribution in [0.4, 0.5) is 0 Å². The monoisotopic (exact) mass is 295 g/mol. The van der Waals surface area contributed by atoms with Gasteiger partial charge in [-0.1, -0.05) is 24.3 Å². The maximum atomic E-state index is 12.3. The fraction of sp³-hybridized carbons (Fsp3) is 0.562. The summed E-state index contributed by atoms with van der Waals surface area (Å²) in [4.78, 5) is 14.3. The molecule has 0 spiro atoms. The topological polar surface area (TPSA) is 29.5 Å². The highest BCUT2D eigenvalue weighted by atomic mass is 35.5. The highest BCUT2D eigenvalue weighted by Gasteiger charge is 2.23. The van der Waals surface area contributed by atoms with Crippen molar-refractivity contribution < 1.29 is 9.53 Å². The quantitative estimate of drug-likeness (QED) is 0.782. The number of alkyl halides is 1. The molecule has 0 aliphatic carbocycles. The molecular formula is C16H22ClNO2. The lowest BCUT2D eigenvalue weighted by Crippen LogP contribution is -2.41. The number of carbonyl (C=O) groups is 1. The SMILES string of the molecule is Cc1ccccc1CC(=O)N1CCC(OCCCl)CC1. The molecule has 0 N–H and O–H groups in total. The Morgan fingerprint density at radius 3 is 2.70 bits per heavy atom. The number of rotatable bonds is 5. The van der Waals surface area contributed by atoms with Crippen LogP contribution in [0.1, 0.15) is 24.0 Å². The molecule has 0 saturated carbocycles. The summed E-state index contributed by atoms with van der Waals surface area (Å²) in [6, 6.07) is 8.07. The highest BCUT2D eigenvalue weighted by molar-refractivity contribution is 6.17. The van der Waals surface area contributed by atoms with E-state index in [-0.39, 0.29) is 12.0 Å². The van der Waals surface area contributed by atoms with Gasteiger partial charge in [-0.3, -0.25) is 4.79 Å². The largest absolute Gasteiger partial charge is 0.377 e. The Balaban J connectivity index is 1.82. The van der Waals surface area contributed by atoms with E-state index in [9.17, 15) is 4.79 Å². The van der Waals surface area contributed by atoms with E-state index in [1.165, 1.54) is 5.56 Å². The van der Waals surface area contributed by atoms with Gasteiger partial charge < -0.3 is 9.64 Å². The molecular weight excluding hydrogens is 274 g/mol. The number of piperidine rings is 1. The summed E-state index contributed by atoms with van der Waals surface area (Å²) < 4.78 is 5.63. The second-order valence-electron chi connectivity index (χ2n) is 5.24. The zero-order valence-electron chi connectivity index (χ0n) is 12.0. The van der Waals surface area contributed by atoms with Crippen molar-refractivity contribution in [2.45, 2.75) is 32.3 Å². The van der Waals surface area contributed by atoms with Crippen molar-refractivity contribution in [3.05, 3.63) is 35.4 Å². The van der Waals surface area contributed by atoms with Crippen LogP contribution in [0.2, 0.25) is 0 Å². The lowest BCUT2D eigenvalue weighted by Gasteiger charge is -2.32. The first-order valence-electron chi connectivity index (χ1n) is 7.20. The number of hydrogen-bond donors (Lipinski definition) is 0. The molecule has 1 aromatic carbocycles. The van der Waals surface area contributed by atoms with Crippen molar-refractivity contribution in [1.82, 2.24) is 4.90 Å². The molecule has 4 heteroatoms. The first-order valence-corrected chi connectivity index (χ1v) is 7.74. The van der Waals surface area contributed by atoms with E-state index in [2.05, 4.69) is 13.0 Å². The molecule has 110 valence electrons. The smallest absolute Gasteiger partial charge is 0.227 e. The average Bonchev–Trinajstić information content (AvgIpc) is 2.48. The molecule has 1 heterocycles. The van der Waals surface area contributed by atoms with E-state index in [1.54, 1.807) is 0 Å². The van der Waals surface area contributed by atoms with Crippen molar-refractivity contribution >= 4 is 17.5 Å². The van der Waals surface area contributed by atoms with Crippen molar-refractivity contribution in [2.24, 2.45) is 0 Å². The summed E-state index contributed by atoms with van der Waals surface area (Å²) in [7, 11) is 0. The summed E-state index contributed by atoms with van der Waals surface area (Å²) >= 11 is 5.62. The number of aryl methyl sites for hydroxylation is 1. The maximum Gasteiger partial charge on any atom is 0.227 e. The molecule has 2 rings (SSSR count). The van der Waals surface area contributed by atoms with Gasteiger partial charge in [0.05, 0.1) is 19.1 Å². The summed E-state index contributed by atoms with van der Waals surface area (Å²) in [5.74, 6) is 0.752. The Morgan fingerprint density at radius 2 is 2.05 bits per heavy atom. The third-order valence-electron chi connectivity index (χ3n) is 3.83. The minimum Gasteiger partial charge on any atom is -0.377 e. The highest BCUT2D eigenvalue weighted by Crippen LogP contribution is 2.16. The minimum absolute atomic E-state index is 0.218. The van der Waals surface area contributed by atoms with Gasteiger partial charge in [0.25, 0.3) is 0 Å². The predicted molar refractivity (Wildman–Crippen MR) is 81.2 cm³/mol. The van der Waals surface area contributed by atoms with Crippen molar-refractivity contribution in [2.75, 3.05) is 25.6 Å². The molecule has 0 unspecified atom stereocenters.